The Morgan fingerprint density at radius 2 is 2.27 bits per heavy atom. The molecule has 78 valence electrons. The Labute approximate surface area is 89.5 Å². The molecule has 1 unspecified atom stereocenters. The zero-order chi connectivity index (χ0) is 10.4. The number of hydrogen-bond acceptors (Lipinski definition) is 1. The van der Waals surface area contributed by atoms with Crippen LogP contribution in [0.3, 0.4) is 0 Å². The number of hydrogen-bond donors (Lipinski definition) is 0. The van der Waals surface area contributed by atoms with Crippen molar-refractivity contribution in [2.75, 3.05) is 7.11 Å². The Kier molecular flexibility index (Phi) is 1.78. The third kappa shape index (κ3) is 1.24. The Morgan fingerprint density at radius 1 is 1.40 bits per heavy atom. The molecule has 1 aliphatic rings. The molecular formula is C13H15NO. The summed E-state index contributed by atoms with van der Waals surface area (Å²) in [5.41, 5.74) is 2.82. The van der Waals surface area contributed by atoms with Gasteiger partial charge in [-0.3, -0.25) is 0 Å². The largest absolute Gasteiger partial charge is 0.497 e. The molecule has 2 aromatic rings. The van der Waals surface area contributed by atoms with Gasteiger partial charge in [0.25, 0.3) is 0 Å². The lowest BCUT2D eigenvalue weighted by Gasteiger charge is -2.22. The van der Waals surface area contributed by atoms with Crippen LogP contribution < -0.4 is 4.74 Å². The maximum Gasteiger partial charge on any atom is 0.119 e. The lowest BCUT2D eigenvalue weighted by atomic mass is 9.96. The molecule has 1 aromatic heterocycles. The van der Waals surface area contributed by atoms with Crippen molar-refractivity contribution in [2.45, 2.75) is 19.9 Å². The van der Waals surface area contributed by atoms with Crippen LogP contribution in [0.5, 0.6) is 5.75 Å². The first-order valence-corrected chi connectivity index (χ1v) is 5.43. The van der Waals surface area contributed by atoms with Crippen molar-refractivity contribution in [1.29, 1.82) is 0 Å². The molecule has 1 atom stereocenters. The van der Waals surface area contributed by atoms with Crippen molar-refractivity contribution in [1.82, 2.24) is 4.57 Å². The van der Waals surface area contributed by atoms with Crippen LogP contribution in [0.15, 0.2) is 24.4 Å². The molecule has 1 aromatic carbocycles. The van der Waals surface area contributed by atoms with Crippen LogP contribution >= 0.6 is 0 Å². The Hall–Kier alpha value is -1.44. The van der Waals surface area contributed by atoms with E-state index in [0.717, 1.165) is 24.6 Å². The van der Waals surface area contributed by atoms with Gasteiger partial charge < -0.3 is 9.30 Å². The van der Waals surface area contributed by atoms with Crippen LogP contribution in [0, 0.1) is 5.92 Å². The van der Waals surface area contributed by atoms with Crippen molar-refractivity contribution in [3.8, 4) is 5.75 Å². The van der Waals surface area contributed by atoms with Gasteiger partial charge in [0.2, 0.25) is 0 Å². The van der Waals surface area contributed by atoms with Crippen LogP contribution in [-0.4, -0.2) is 11.7 Å². The second-order valence-electron chi connectivity index (χ2n) is 4.50. The molecule has 2 heteroatoms. The minimum absolute atomic E-state index is 0.722. The zero-order valence-corrected chi connectivity index (χ0v) is 9.16. The van der Waals surface area contributed by atoms with Crippen molar-refractivity contribution in [3.05, 3.63) is 30.0 Å². The lowest BCUT2D eigenvalue weighted by molar-refractivity contribution is 0.413. The van der Waals surface area contributed by atoms with Gasteiger partial charge in [0.15, 0.2) is 0 Å². The van der Waals surface area contributed by atoms with Crippen molar-refractivity contribution >= 4 is 10.9 Å². The number of nitrogens with zero attached hydrogens (tertiary/aromatic N) is 1. The highest BCUT2D eigenvalue weighted by molar-refractivity contribution is 5.85. The van der Waals surface area contributed by atoms with Gasteiger partial charge in [-0.1, -0.05) is 6.92 Å². The first-order valence-electron chi connectivity index (χ1n) is 5.43. The molecule has 2 heterocycles. The first-order chi connectivity index (χ1) is 7.28. The van der Waals surface area contributed by atoms with Gasteiger partial charge >= 0.3 is 0 Å². The van der Waals surface area contributed by atoms with Gasteiger partial charge in [0.1, 0.15) is 5.75 Å². The predicted octanol–water partition coefficient (Wildman–Crippen LogP) is 2.84. The maximum atomic E-state index is 5.32. The number of ether oxygens (including phenoxy) is 1. The van der Waals surface area contributed by atoms with E-state index in [1.54, 1.807) is 7.11 Å². The molecule has 0 amide bonds. The summed E-state index contributed by atoms with van der Waals surface area (Å²) < 4.78 is 7.68. The number of rotatable bonds is 1. The van der Waals surface area contributed by atoms with Gasteiger partial charge in [0, 0.05) is 18.1 Å². The molecule has 0 saturated carbocycles. The third-order valence-corrected chi connectivity index (χ3v) is 3.23. The fourth-order valence-corrected chi connectivity index (χ4v) is 2.61. The normalized spacial score (nSPS) is 19.5. The summed E-state index contributed by atoms with van der Waals surface area (Å²) in [4.78, 5) is 0. The second kappa shape index (κ2) is 3.02. The Morgan fingerprint density at radius 3 is 3.07 bits per heavy atom. The predicted molar refractivity (Wildman–Crippen MR) is 61.4 cm³/mol. The van der Waals surface area contributed by atoms with E-state index >= 15 is 0 Å². The smallest absolute Gasteiger partial charge is 0.119 e. The fraction of sp³-hybridized carbons (Fsp3) is 0.385. The van der Waals surface area contributed by atoms with Gasteiger partial charge in [-0.05, 0) is 36.1 Å². The van der Waals surface area contributed by atoms with E-state index in [2.05, 4.69) is 35.9 Å². The average Bonchev–Trinajstić information content (AvgIpc) is 2.62. The fourth-order valence-electron chi connectivity index (χ4n) is 2.61. The minimum atomic E-state index is 0.722. The molecule has 0 N–H and O–H groups in total. The van der Waals surface area contributed by atoms with E-state index < -0.39 is 0 Å². The van der Waals surface area contributed by atoms with Gasteiger partial charge in [-0.15, -0.1) is 0 Å². The summed E-state index contributed by atoms with van der Waals surface area (Å²) in [5, 5.41) is 1.30. The molecule has 0 fully saturated rings. The summed E-state index contributed by atoms with van der Waals surface area (Å²) in [6.07, 6.45) is 3.35. The molecule has 1 aliphatic heterocycles. The average molecular weight is 201 g/mol. The summed E-state index contributed by atoms with van der Waals surface area (Å²) in [6, 6.07) is 6.47. The van der Waals surface area contributed by atoms with Crippen molar-refractivity contribution in [2.24, 2.45) is 5.92 Å². The molecule has 0 saturated heterocycles. The summed E-state index contributed by atoms with van der Waals surface area (Å²) >= 11 is 0. The SMILES string of the molecule is COc1cc2c3c(ccn3CC(C)C2)c1. The van der Waals surface area contributed by atoms with Crippen molar-refractivity contribution in [3.63, 3.8) is 0 Å². The molecule has 0 aliphatic carbocycles. The van der Waals surface area contributed by atoms with Gasteiger partial charge in [0.05, 0.1) is 12.6 Å². The van der Waals surface area contributed by atoms with E-state index in [1.807, 2.05) is 0 Å². The second-order valence-corrected chi connectivity index (χ2v) is 4.50. The molecule has 3 rings (SSSR count). The van der Waals surface area contributed by atoms with E-state index in [-0.39, 0.29) is 0 Å². The lowest BCUT2D eigenvalue weighted by Crippen LogP contribution is -2.15. The van der Waals surface area contributed by atoms with E-state index in [9.17, 15) is 0 Å². The highest BCUT2D eigenvalue weighted by Crippen LogP contribution is 2.32. The number of benzene rings is 1. The topological polar surface area (TPSA) is 14.2 Å². The summed E-state index contributed by atoms with van der Waals surface area (Å²) in [7, 11) is 1.73. The molecule has 2 nitrogen and oxygen atoms in total. The number of aromatic nitrogens is 1. The van der Waals surface area contributed by atoms with Crippen LogP contribution in [-0.2, 0) is 13.0 Å². The van der Waals surface area contributed by atoms with Crippen LogP contribution in [0.1, 0.15) is 12.5 Å². The van der Waals surface area contributed by atoms with Crippen LogP contribution in [0.25, 0.3) is 10.9 Å². The van der Waals surface area contributed by atoms with Crippen LogP contribution in [0.2, 0.25) is 0 Å². The summed E-state index contributed by atoms with van der Waals surface area (Å²) in [5.74, 6) is 1.70. The molecule has 0 bridgehead atoms. The maximum absolute atomic E-state index is 5.32. The van der Waals surface area contributed by atoms with Gasteiger partial charge in [-0.25, -0.2) is 0 Å². The molecular weight excluding hydrogens is 186 g/mol. The monoisotopic (exact) mass is 201 g/mol. The first kappa shape index (κ1) is 8.84. The highest BCUT2D eigenvalue weighted by atomic mass is 16.5. The zero-order valence-electron chi connectivity index (χ0n) is 9.16. The van der Waals surface area contributed by atoms with E-state index in [1.165, 1.54) is 16.5 Å². The van der Waals surface area contributed by atoms with Crippen molar-refractivity contribution < 1.29 is 4.74 Å². The Balaban J connectivity index is 2.30. The van der Waals surface area contributed by atoms with E-state index in [0.29, 0.717) is 0 Å². The number of methoxy groups -OCH3 is 1. The van der Waals surface area contributed by atoms with Crippen LogP contribution in [0.4, 0.5) is 0 Å². The third-order valence-electron chi connectivity index (χ3n) is 3.23. The molecule has 0 spiro atoms. The van der Waals surface area contributed by atoms with Gasteiger partial charge in [-0.2, -0.15) is 0 Å². The molecule has 15 heavy (non-hydrogen) atoms. The standard InChI is InChI=1S/C13H15NO/c1-9-5-11-7-12(15-2)6-10-3-4-14(8-9)13(10)11/h3-4,6-7,9H,5,8H2,1-2H3. The summed E-state index contributed by atoms with van der Waals surface area (Å²) in [6.45, 7) is 3.44. The highest BCUT2D eigenvalue weighted by Gasteiger charge is 2.18. The molecule has 0 radical (unpaired) electrons. The minimum Gasteiger partial charge on any atom is -0.497 e. The Bertz CT molecular complexity index is 512. The quantitative estimate of drug-likeness (QED) is 0.692. The van der Waals surface area contributed by atoms with E-state index in [4.69, 9.17) is 4.74 Å².